The van der Waals surface area contributed by atoms with Gasteiger partial charge in [0.2, 0.25) is 0 Å². The molecule has 0 saturated carbocycles. The number of rotatable bonds is 6. The average Bonchev–Trinajstić information content (AvgIpc) is 2.30. The number of nitrogens with zero attached hydrogens (tertiary/aromatic N) is 2. The molecular formula is C13H21ClN2. The zero-order valence-corrected chi connectivity index (χ0v) is 11.2. The molecule has 2 nitrogen and oxygen atoms in total. The molecule has 0 radical (unpaired) electrons. The first-order chi connectivity index (χ1) is 7.72. The van der Waals surface area contributed by atoms with Gasteiger partial charge in [-0.2, -0.15) is 0 Å². The lowest BCUT2D eigenvalue weighted by Gasteiger charge is -2.22. The van der Waals surface area contributed by atoms with Crippen molar-refractivity contribution >= 4 is 17.4 Å². The monoisotopic (exact) mass is 240 g/mol. The molecule has 0 spiro atoms. The van der Waals surface area contributed by atoms with Crippen molar-refractivity contribution in [2.24, 2.45) is 0 Å². The Balaban J connectivity index is 2.80. The van der Waals surface area contributed by atoms with E-state index in [0.29, 0.717) is 5.88 Å². The van der Waals surface area contributed by atoms with Gasteiger partial charge < -0.3 is 4.90 Å². The minimum atomic E-state index is 0.542. The molecule has 0 atom stereocenters. The molecule has 0 fully saturated rings. The van der Waals surface area contributed by atoms with Crippen molar-refractivity contribution in [2.75, 3.05) is 18.0 Å². The molecule has 1 rings (SSSR count). The molecule has 1 heterocycles. The topological polar surface area (TPSA) is 16.1 Å². The molecule has 0 N–H and O–H groups in total. The molecule has 0 aliphatic rings. The highest BCUT2D eigenvalue weighted by Crippen LogP contribution is 2.16. The van der Waals surface area contributed by atoms with Crippen molar-refractivity contribution < 1.29 is 0 Å². The first-order valence-electron chi connectivity index (χ1n) is 6.00. The number of pyridine rings is 1. The molecule has 0 saturated heterocycles. The van der Waals surface area contributed by atoms with Gasteiger partial charge in [0.15, 0.2) is 0 Å². The van der Waals surface area contributed by atoms with Gasteiger partial charge in [-0.3, -0.25) is 0 Å². The third-order valence-corrected chi connectivity index (χ3v) is 3.10. The van der Waals surface area contributed by atoms with Crippen molar-refractivity contribution in [3.05, 3.63) is 23.4 Å². The lowest BCUT2D eigenvalue weighted by molar-refractivity contribution is 0.722. The van der Waals surface area contributed by atoms with Crippen molar-refractivity contribution in [3.63, 3.8) is 0 Å². The Kier molecular flexibility index (Phi) is 5.61. The van der Waals surface area contributed by atoms with E-state index in [0.717, 1.165) is 30.2 Å². The van der Waals surface area contributed by atoms with E-state index in [1.165, 1.54) is 12.8 Å². The second-order valence-electron chi connectivity index (χ2n) is 3.98. The van der Waals surface area contributed by atoms with E-state index in [4.69, 9.17) is 11.6 Å². The van der Waals surface area contributed by atoms with Gasteiger partial charge in [-0.05, 0) is 31.9 Å². The van der Waals surface area contributed by atoms with Crippen LogP contribution in [0.5, 0.6) is 0 Å². The van der Waals surface area contributed by atoms with Crippen LogP contribution < -0.4 is 4.90 Å². The van der Waals surface area contributed by atoms with Crippen molar-refractivity contribution in [1.29, 1.82) is 0 Å². The fraction of sp³-hybridized carbons (Fsp3) is 0.615. The van der Waals surface area contributed by atoms with Gasteiger partial charge in [0, 0.05) is 24.7 Å². The summed E-state index contributed by atoms with van der Waals surface area (Å²) in [5.41, 5.74) is 2.17. The van der Waals surface area contributed by atoms with Gasteiger partial charge in [-0.15, -0.1) is 11.6 Å². The van der Waals surface area contributed by atoms with Crippen molar-refractivity contribution in [1.82, 2.24) is 4.98 Å². The highest BCUT2D eigenvalue weighted by Gasteiger charge is 2.07. The average molecular weight is 241 g/mol. The minimum absolute atomic E-state index is 0.542. The van der Waals surface area contributed by atoms with E-state index in [9.17, 15) is 0 Å². The Labute approximate surface area is 104 Å². The summed E-state index contributed by atoms with van der Waals surface area (Å²) in [7, 11) is 0. The van der Waals surface area contributed by atoms with Gasteiger partial charge in [0.1, 0.15) is 5.82 Å². The van der Waals surface area contributed by atoms with Crippen LogP contribution in [0.2, 0.25) is 0 Å². The van der Waals surface area contributed by atoms with Gasteiger partial charge >= 0.3 is 0 Å². The zero-order chi connectivity index (χ0) is 12.0. The third kappa shape index (κ3) is 3.38. The molecule has 0 aliphatic heterocycles. The largest absolute Gasteiger partial charge is 0.357 e. The predicted molar refractivity (Wildman–Crippen MR) is 71.3 cm³/mol. The minimum Gasteiger partial charge on any atom is -0.357 e. The molecule has 0 aliphatic carbocycles. The Morgan fingerprint density at radius 1 is 1.31 bits per heavy atom. The number of hydrogen-bond acceptors (Lipinski definition) is 2. The molecule has 0 unspecified atom stereocenters. The molecule has 0 bridgehead atoms. The van der Waals surface area contributed by atoms with Crippen molar-refractivity contribution in [2.45, 2.75) is 39.5 Å². The summed E-state index contributed by atoms with van der Waals surface area (Å²) in [5.74, 6) is 1.61. The molecule has 3 heteroatoms. The summed E-state index contributed by atoms with van der Waals surface area (Å²) in [6.45, 7) is 8.49. The molecule has 0 aromatic carbocycles. The van der Waals surface area contributed by atoms with Crippen LogP contribution in [-0.4, -0.2) is 18.1 Å². The number of halogens is 1. The third-order valence-electron chi connectivity index (χ3n) is 2.81. The fourth-order valence-corrected chi connectivity index (χ4v) is 1.96. The molecule has 1 aromatic rings. The smallest absolute Gasteiger partial charge is 0.128 e. The van der Waals surface area contributed by atoms with Crippen LogP contribution in [0.25, 0.3) is 0 Å². The first kappa shape index (κ1) is 13.3. The Bertz CT molecular complexity index is 326. The molecule has 16 heavy (non-hydrogen) atoms. The Morgan fingerprint density at radius 2 is 2.06 bits per heavy atom. The van der Waals surface area contributed by atoms with Crippen LogP contribution in [0, 0.1) is 6.92 Å². The van der Waals surface area contributed by atoms with E-state index >= 15 is 0 Å². The van der Waals surface area contributed by atoms with E-state index in [1.807, 2.05) is 6.92 Å². The summed E-state index contributed by atoms with van der Waals surface area (Å²) in [5, 5.41) is 0. The lowest BCUT2D eigenvalue weighted by Crippen LogP contribution is -2.25. The maximum absolute atomic E-state index is 5.83. The Hall–Kier alpha value is -0.760. The second-order valence-corrected chi connectivity index (χ2v) is 4.25. The number of hydrogen-bond donors (Lipinski definition) is 0. The van der Waals surface area contributed by atoms with Gasteiger partial charge in [0.05, 0.1) is 0 Å². The number of alkyl halides is 1. The summed E-state index contributed by atoms with van der Waals surface area (Å²) >= 11 is 5.83. The van der Waals surface area contributed by atoms with Gasteiger partial charge in [0.25, 0.3) is 0 Å². The zero-order valence-electron chi connectivity index (χ0n) is 10.5. The van der Waals surface area contributed by atoms with E-state index in [-0.39, 0.29) is 0 Å². The van der Waals surface area contributed by atoms with Crippen LogP contribution in [0.3, 0.4) is 0 Å². The summed E-state index contributed by atoms with van der Waals surface area (Å²) in [4.78, 5) is 6.92. The number of aryl methyl sites for hydroxylation is 1. The van der Waals surface area contributed by atoms with Crippen LogP contribution in [0.1, 0.15) is 37.9 Å². The van der Waals surface area contributed by atoms with Crippen LogP contribution in [0.4, 0.5) is 5.82 Å². The fourth-order valence-electron chi connectivity index (χ4n) is 1.68. The number of unbranched alkanes of at least 4 members (excludes halogenated alkanes) is 1. The van der Waals surface area contributed by atoms with E-state index in [2.05, 4.69) is 35.9 Å². The second kappa shape index (κ2) is 6.74. The summed E-state index contributed by atoms with van der Waals surface area (Å²) in [6.07, 6.45) is 2.43. The molecular weight excluding hydrogens is 220 g/mol. The van der Waals surface area contributed by atoms with Crippen LogP contribution in [0.15, 0.2) is 12.1 Å². The maximum atomic E-state index is 5.83. The first-order valence-corrected chi connectivity index (χ1v) is 6.53. The SMILES string of the molecule is CCCCN(CC)c1ccc(CCl)c(C)n1. The quantitative estimate of drug-likeness (QED) is 0.704. The maximum Gasteiger partial charge on any atom is 0.128 e. The standard InChI is InChI=1S/C13H21ClN2/c1-4-6-9-16(5-2)13-8-7-12(10-14)11(3)15-13/h7-8H,4-6,9-10H2,1-3H3. The van der Waals surface area contributed by atoms with Crippen molar-refractivity contribution in [3.8, 4) is 0 Å². The summed E-state index contributed by atoms with van der Waals surface area (Å²) in [6, 6.07) is 4.16. The lowest BCUT2D eigenvalue weighted by atomic mass is 10.2. The summed E-state index contributed by atoms with van der Waals surface area (Å²) < 4.78 is 0. The van der Waals surface area contributed by atoms with Crippen LogP contribution >= 0.6 is 11.6 Å². The highest BCUT2D eigenvalue weighted by atomic mass is 35.5. The number of aromatic nitrogens is 1. The van der Waals surface area contributed by atoms with Gasteiger partial charge in [-0.1, -0.05) is 19.4 Å². The predicted octanol–water partition coefficient (Wildman–Crippen LogP) is 3.76. The van der Waals surface area contributed by atoms with Gasteiger partial charge in [-0.25, -0.2) is 4.98 Å². The molecule has 0 amide bonds. The van der Waals surface area contributed by atoms with Crippen LogP contribution in [-0.2, 0) is 5.88 Å². The number of anilines is 1. The normalized spacial score (nSPS) is 10.5. The van der Waals surface area contributed by atoms with E-state index in [1.54, 1.807) is 0 Å². The Morgan fingerprint density at radius 3 is 2.56 bits per heavy atom. The van der Waals surface area contributed by atoms with E-state index < -0.39 is 0 Å². The molecule has 90 valence electrons. The molecule has 1 aromatic heterocycles. The highest BCUT2D eigenvalue weighted by molar-refractivity contribution is 6.17.